The van der Waals surface area contributed by atoms with Gasteiger partial charge >= 0.3 is 5.97 Å². The van der Waals surface area contributed by atoms with Gasteiger partial charge in [-0.15, -0.1) is 0 Å². The second-order valence-corrected chi connectivity index (χ2v) is 8.12. The van der Waals surface area contributed by atoms with Crippen LogP contribution in [0.1, 0.15) is 44.7 Å². The number of halogens is 1. The van der Waals surface area contributed by atoms with E-state index in [0.717, 1.165) is 24.0 Å². The first-order valence-corrected chi connectivity index (χ1v) is 10.6. The fourth-order valence-electron chi connectivity index (χ4n) is 2.42. The molecule has 22 heavy (non-hydrogen) atoms. The fraction of sp³-hybridized carbons (Fsp3) is 0.588. The second kappa shape index (κ2) is 8.55. The van der Waals surface area contributed by atoms with Gasteiger partial charge in [0.2, 0.25) is 0 Å². The molecule has 0 spiro atoms. The Labute approximate surface area is 150 Å². The van der Waals surface area contributed by atoms with Crippen LogP contribution >= 0.6 is 30.4 Å². The molecule has 0 saturated carbocycles. The van der Waals surface area contributed by atoms with Crippen molar-refractivity contribution in [2.24, 2.45) is 5.41 Å². The van der Waals surface area contributed by atoms with E-state index in [-0.39, 0.29) is 11.4 Å². The van der Waals surface area contributed by atoms with E-state index in [1.54, 1.807) is 0 Å². The molecular formula is C17H25IO3S. The number of methoxy groups -OCH3 is 1. The van der Waals surface area contributed by atoms with Crippen LogP contribution in [-0.2, 0) is 19.1 Å². The van der Waals surface area contributed by atoms with E-state index in [4.69, 9.17) is 8.92 Å². The van der Waals surface area contributed by atoms with Gasteiger partial charge in [0.15, 0.2) is 0 Å². The van der Waals surface area contributed by atoms with E-state index in [2.05, 4.69) is 41.1 Å². The highest BCUT2D eigenvalue weighted by Gasteiger charge is 2.38. The van der Waals surface area contributed by atoms with Crippen molar-refractivity contribution in [3.8, 4) is 0 Å². The molecule has 0 amide bonds. The zero-order valence-electron chi connectivity index (χ0n) is 13.9. The summed E-state index contributed by atoms with van der Waals surface area (Å²) in [7, 11) is 2.81. The molecule has 0 fully saturated rings. The molecule has 0 aliphatic rings. The van der Waals surface area contributed by atoms with Crippen LogP contribution in [0.4, 0.5) is 0 Å². The molecule has 1 unspecified atom stereocenters. The van der Waals surface area contributed by atoms with Crippen LogP contribution < -0.4 is 0 Å². The third kappa shape index (κ3) is 5.42. The lowest BCUT2D eigenvalue weighted by Gasteiger charge is -2.32. The summed E-state index contributed by atoms with van der Waals surface area (Å²) >= 11 is 2.12. The minimum atomic E-state index is -0.629. The quantitative estimate of drug-likeness (QED) is 0.317. The van der Waals surface area contributed by atoms with Crippen molar-refractivity contribution in [3.63, 3.8) is 0 Å². The number of aryl methyl sites for hydroxylation is 1. The number of hydrogen-bond donors (Lipinski definition) is 0. The summed E-state index contributed by atoms with van der Waals surface area (Å²) in [6.45, 7) is 8.99. The summed E-state index contributed by atoms with van der Waals surface area (Å²) in [6, 6.07) is 8.11. The molecule has 0 aromatic heterocycles. The number of hydrogen-bond acceptors (Lipinski definition) is 4. The Bertz CT molecular complexity index is 504. The fourth-order valence-corrected chi connectivity index (χ4v) is 3.17. The van der Waals surface area contributed by atoms with Crippen LogP contribution in [0.5, 0.6) is 0 Å². The molecule has 0 radical (unpaired) electrons. The number of esters is 1. The van der Waals surface area contributed by atoms with Crippen molar-refractivity contribution >= 4 is 36.4 Å². The molecule has 3 nitrogen and oxygen atoms in total. The Kier molecular flexibility index (Phi) is 7.68. The van der Waals surface area contributed by atoms with Crippen molar-refractivity contribution < 1.29 is 13.7 Å². The van der Waals surface area contributed by atoms with E-state index in [9.17, 15) is 4.79 Å². The number of carbonyl (C=O) groups excluding carboxylic acids is 1. The molecule has 124 valence electrons. The first-order valence-electron chi connectivity index (χ1n) is 7.31. The van der Waals surface area contributed by atoms with Crippen LogP contribution in [-0.4, -0.2) is 19.7 Å². The number of ether oxygens (including phenoxy) is 1. The van der Waals surface area contributed by atoms with Gasteiger partial charge in [0.1, 0.15) is 0 Å². The van der Waals surface area contributed by atoms with Crippen LogP contribution in [0.25, 0.3) is 0 Å². The van der Waals surface area contributed by atoms with Gasteiger partial charge in [-0.3, -0.25) is 4.79 Å². The minimum absolute atomic E-state index is 0.0112. The summed E-state index contributed by atoms with van der Waals surface area (Å²) < 4.78 is 10.5. The Balaban J connectivity index is 2.96. The topological polar surface area (TPSA) is 35.5 Å². The second-order valence-electron chi connectivity index (χ2n) is 6.68. The Hall–Kier alpha value is -0.270. The molecule has 5 heteroatoms. The zero-order valence-corrected chi connectivity index (χ0v) is 16.9. The highest BCUT2D eigenvalue weighted by molar-refractivity contribution is 14.2. The maximum atomic E-state index is 12.4. The highest BCUT2D eigenvalue weighted by Crippen LogP contribution is 2.36. The van der Waals surface area contributed by atoms with Crippen molar-refractivity contribution in [2.45, 2.75) is 46.0 Å². The van der Waals surface area contributed by atoms with Gasteiger partial charge in [-0.25, -0.2) is 0 Å². The standard InChI is InChI=1S/C17H25IO3S/c1-13-7-6-8-14(11-13)17(4,15(19)20-5)10-9-16(2,3)12-21-22-18/h6-8,11H,9-10,12H2,1-5H3. The van der Waals surface area contributed by atoms with Gasteiger partial charge in [-0.2, -0.15) is 0 Å². The summed E-state index contributed by atoms with van der Waals surface area (Å²) in [5.74, 6) is -0.182. The van der Waals surface area contributed by atoms with Gasteiger partial charge in [0, 0.05) is 21.2 Å². The zero-order chi connectivity index (χ0) is 16.8. The molecule has 1 atom stereocenters. The number of rotatable bonds is 8. The largest absolute Gasteiger partial charge is 0.468 e. The average Bonchev–Trinajstić information content (AvgIpc) is 2.50. The van der Waals surface area contributed by atoms with E-state index in [1.165, 1.54) is 16.3 Å². The van der Waals surface area contributed by atoms with Gasteiger partial charge in [0.25, 0.3) is 0 Å². The SMILES string of the molecule is COC(=O)C(C)(CCC(C)(C)COSI)c1cccc(C)c1. The van der Waals surface area contributed by atoms with Crippen LogP contribution in [0.3, 0.4) is 0 Å². The lowest BCUT2D eigenvalue weighted by Crippen LogP contribution is -2.35. The number of benzene rings is 1. The van der Waals surface area contributed by atoms with Crippen LogP contribution in [0.15, 0.2) is 24.3 Å². The molecule has 1 rings (SSSR count). The maximum Gasteiger partial charge on any atom is 0.315 e. The molecule has 0 bridgehead atoms. The van der Waals surface area contributed by atoms with Crippen molar-refractivity contribution in [1.82, 2.24) is 0 Å². The molecule has 0 heterocycles. The predicted molar refractivity (Wildman–Crippen MR) is 101 cm³/mol. The van der Waals surface area contributed by atoms with Crippen LogP contribution in [0.2, 0.25) is 0 Å². The van der Waals surface area contributed by atoms with Gasteiger partial charge in [-0.1, -0.05) is 43.7 Å². The predicted octanol–water partition coefficient (Wildman–Crippen LogP) is 5.25. The molecule has 0 N–H and O–H groups in total. The van der Waals surface area contributed by atoms with Gasteiger partial charge < -0.3 is 8.92 Å². The van der Waals surface area contributed by atoms with E-state index < -0.39 is 5.41 Å². The maximum absolute atomic E-state index is 12.4. The first-order chi connectivity index (χ1) is 10.2. The first kappa shape index (κ1) is 19.8. The third-order valence-electron chi connectivity index (χ3n) is 4.09. The van der Waals surface area contributed by atoms with E-state index >= 15 is 0 Å². The Morgan fingerprint density at radius 3 is 2.50 bits per heavy atom. The molecule has 0 aliphatic carbocycles. The lowest BCUT2D eigenvalue weighted by atomic mass is 9.74. The smallest absolute Gasteiger partial charge is 0.315 e. The highest BCUT2D eigenvalue weighted by atomic mass is 127. The molecule has 0 aliphatic heterocycles. The molecular weight excluding hydrogens is 411 g/mol. The lowest BCUT2D eigenvalue weighted by molar-refractivity contribution is -0.147. The van der Waals surface area contributed by atoms with E-state index in [0.29, 0.717) is 6.61 Å². The van der Waals surface area contributed by atoms with Gasteiger partial charge in [0.05, 0.1) is 28.3 Å². The van der Waals surface area contributed by atoms with Crippen molar-refractivity contribution in [2.75, 3.05) is 13.7 Å². The van der Waals surface area contributed by atoms with E-state index in [1.807, 2.05) is 32.0 Å². The van der Waals surface area contributed by atoms with Gasteiger partial charge in [-0.05, 0) is 37.7 Å². The Morgan fingerprint density at radius 2 is 1.95 bits per heavy atom. The number of carbonyl (C=O) groups is 1. The summed E-state index contributed by atoms with van der Waals surface area (Å²) in [6.07, 6.45) is 1.61. The molecule has 1 aromatic carbocycles. The third-order valence-corrected chi connectivity index (χ3v) is 5.06. The molecule has 1 aromatic rings. The summed E-state index contributed by atoms with van der Waals surface area (Å²) in [5.41, 5.74) is 1.54. The summed E-state index contributed by atoms with van der Waals surface area (Å²) in [5, 5.41) is 0. The monoisotopic (exact) mass is 436 g/mol. The average molecular weight is 436 g/mol. The molecule has 0 saturated heterocycles. The summed E-state index contributed by atoms with van der Waals surface area (Å²) in [4.78, 5) is 12.4. The van der Waals surface area contributed by atoms with Crippen molar-refractivity contribution in [3.05, 3.63) is 35.4 Å². The van der Waals surface area contributed by atoms with Crippen LogP contribution in [0, 0.1) is 12.3 Å². The minimum Gasteiger partial charge on any atom is -0.468 e. The normalized spacial score (nSPS) is 14.5. The van der Waals surface area contributed by atoms with Crippen molar-refractivity contribution in [1.29, 1.82) is 0 Å². The Morgan fingerprint density at radius 1 is 1.27 bits per heavy atom.